The summed E-state index contributed by atoms with van der Waals surface area (Å²) in [5.41, 5.74) is 5.43. The number of fused-ring (bicyclic) bond motifs is 4. The Morgan fingerprint density at radius 1 is 1.04 bits per heavy atom. The highest BCUT2D eigenvalue weighted by Crippen LogP contribution is 2.36. The summed E-state index contributed by atoms with van der Waals surface area (Å²) in [5, 5.41) is 0.764. The Bertz CT molecular complexity index is 1280. The SMILES string of the molecule is Cc1sc2c(c1C)c(=O)nc1n2Cc2ccccc2/C1=C\c1ccccc1. The van der Waals surface area contributed by atoms with Gasteiger partial charge in [-0.05, 0) is 42.2 Å². The quantitative estimate of drug-likeness (QED) is 0.415. The van der Waals surface area contributed by atoms with Gasteiger partial charge in [-0.25, -0.2) is 0 Å². The van der Waals surface area contributed by atoms with Gasteiger partial charge >= 0.3 is 0 Å². The van der Waals surface area contributed by atoms with Crippen LogP contribution in [0.25, 0.3) is 21.9 Å². The van der Waals surface area contributed by atoms with Crippen LogP contribution in [0.3, 0.4) is 0 Å². The molecule has 0 saturated heterocycles. The molecular weight excluding hydrogens is 352 g/mol. The number of rotatable bonds is 1. The molecule has 132 valence electrons. The van der Waals surface area contributed by atoms with Gasteiger partial charge in [0.1, 0.15) is 10.7 Å². The molecule has 0 radical (unpaired) electrons. The van der Waals surface area contributed by atoms with Crippen molar-refractivity contribution in [1.82, 2.24) is 9.55 Å². The second-order valence-corrected chi connectivity index (χ2v) is 8.12. The number of benzene rings is 2. The van der Waals surface area contributed by atoms with Crippen molar-refractivity contribution >= 4 is 33.2 Å². The van der Waals surface area contributed by atoms with Crippen molar-refractivity contribution in [3.63, 3.8) is 0 Å². The lowest BCUT2D eigenvalue weighted by atomic mass is 9.93. The van der Waals surface area contributed by atoms with Gasteiger partial charge in [-0.2, -0.15) is 4.98 Å². The van der Waals surface area contributed by atoms with E-state index in [0.29, 0.717) is 0 Å². The standard InChI is InChI=1S/C23H18N2OS/c1-14-15(2)27-23-20(14)22(26)24-21-19(12-16-8-4-3-5-9-16)18-11-7-6-10-17(18)13-25(21)23/h3-12H,13H2,1-2H3/b19-12+. The molecule has 0 fully saturated rings. The molecule has 4 aromatic rings. The largest absolute Gasteiger partial charge is 0.312 e. The highest BCUT2D eigenvalue weighted by Gasteiger charge is 2.25. The summed E-state index contributed by atoms with van der Waals surface area (Å²) >= 11 is 1.69. The molecule has 0 amide bonds. The third-order valence-corrected chi connectivity index (χ3v) is 6.51. The molecule has 0 atom stereocenters. The number of thiophene rings is 1. The predicted molar refractivity (Wildman–Crippen MR) is 112 cm³/mol. The zero-order valence-electron chi connectivity index (χ0n) is 15.2. The van der Waals surface area contributed by atoms with Crippen LogP contribution in [0.2, 0.25) is 0 Å². The van der Waals surface area contributed by atoms with Gasteiger partial charge in [-0.3, -0.25) is 4.79 Å². The van der Waals surface area contributed by atoms with Crippen molar-refractivity contribution in [2.45, 2.75) is 20.4 Å². The minimum Gasteiger partial charge on any atom is -0.312 e. The molecule has 27 heavy (non-hydrogen) atoms. The third-order valence-electron chi connectivity index (χ3n) is 5.28. The molecule has 1 aliphatic heterocycles. The van der Waals surface area contributed by atoms with Crippen molar-refractivity contribution in [3.05, 3.63) is 97.9 Å². The lowest BCUT2D eigenvalue weighted by Crippen LogP contribution is -2.22. The number of aryl methyl sites for hydroxylation is 2. The summed E-state index contributed by atoms with van der Waals surface area (Å²) in [6, 6.07) is 18.6. The molecule has 2 aromatic heterocycles. The van der Waals surface area contributed by atoms with Gasteiger partial charge in [0.15, 0.2) is 0 Å². The van der Waals surface area contributed by atoms with Gasteiger partial charge in [0, 0.05) is 10.5 Å². The maximum Gasteiger partial charge on any atom is 0.282 e. The monoisotopic (exact) mass is 370 g/mol. The van der Waals surface area contributed by atoms with E-state index < -0.39 is 0 Å². The molecule has 3 heterocycles. The Balaban J connectivity index is 1.87. The molecule has 4 heteroatoms. The minimum absolute atomic E-state index is 0.128. The summed E-state index contributed by atoms with van der Waals surface area (Å²) in [7, 11) is 0. The highest BCUT2D eigenvalue weighted by atomic mass is 32.1. The van der Waals surface area contributed by atoms with Crippen LogP contribution < -0.4 is 5.56 Å². The fraction of sp³-hybridized carbons (Fsp3) is 0.130. The Morgan fingerprint density at radius 3 is 2.59 bits per heavy atom. The second-order valence-electron chi connectivity index (χ2n) is 6.92. The first kappa shape index (κ1) is 16.2. The number of hydrogen-bond acceptors (Lipinski definition) is 3. The molecule has 2 aromatic carbocycles. The molecule has 0 saturated carbocycles. The lowest BCUT2D eigenvalue weighted by Gasteiger charge is -2.24. The summed E-state index contributed by atoms with van der Waals surface area (Å²) < 4.78 is 2.21. The van der Waals surface area contributed by atoms with E-state index in [1.807, 2.05) is 31.2 Å². The highest BCUT2D eigenvalue weighted by molar-refractivity contribution is 7.18. The molecule has 0 aliphatic carbocycles. The van der Waals surface area contributed by atoms with E-state index in [-0.39, 0.29) is 5.56 Å². The maximum absolute atomic E-state index is 12.8. The van der Waals surface area contributed by atoms with Crippen molar-refractivity contribution in [3.8, 4) is 0 Å². The molecule has 1 aliphatic rings. The average molecular weight is 370 g/mol. The van der Waals surface area contributed by atoms with Crippen molar-refractivity contribution in [2.75, 3.05) is 0 Å². The summed E-state index contributed by atoms with van der Waals surface area (Å²) in [6.07, 6.45) is 2.13. The van der Waals surface area contributed by atoms with Gasteiger partial charge in [-0.1, -0.05) is 54.6 Å². The van der Waals surface area contributed by atoms with E-state index in [4.69, 9.17) is 0 Å². The zero-order chi connectivity index (χ0) is 18.5. The first-order chi connectivity index (χ1) is 13.1. The van der Waals surface area contributed by atoms with Gasteiger partial charge in [0.2, 0.25) is 0 Å². The topological polar surface area (TPSA) is 34.9 Å². The van der Waals surface area contributed by atoms with E-state index in [9.17, 15) is 4.79 Å². The van der Waals surface area contributed by atoms with Crippen LogP contribution >= 0.6 is 11.3 Å². The predicted octanol–water partition coefficient (Wildman–Crippen LogP) is 5.03. The van der Waals surface area contributed by atoms with E-state index in [2.05, 4.69) is 52.9 Å². The van der Waals surface area contributed by atoms with Crippen LogP contribution in [0.1, 0.15) is 33.0 Å². The first-order valence-electron chi connectivity index (χ1n) is 8.99. The van der Waals surface area contributed by atoms with E-state index in [1.54, 1.807) is 11.3 Å². The Labute approximate surface area is 161 Å². The van der Waals surface area contributed by atoms with Crippen LogP contribution in [0.4, 0.5) is 0 Å². The summed E-state index contributed by atoms with van der Waals surface area (Å²) in [5.74, 6) is 0.760. The number of aromatic nitrogens is 2. The number of nitrogens with zero attached hydrogens (tertiary/aromatic N) is 2. The minimum atomic E-state index is -0.128. The molecule has 0 unspecified atom stereocenters. The second kappa shape index (κ2) is 6.03. The molecule has 3 nitrogen and oxygen atoms in total. The van der Waals surface area contributed by atoms with Gasteiger partial charge in [0.05, 0.1) is 11.9 Å². The smallest absolute Gasteiger partial charge is 0.282 e. The Kier molecular flexibility index (Phi) is 3.62. The number of hydrogen-bond donors (Lipinski definition) is 0. The maximum atomic E-state index is 12.8. The molecular formula is C23H18N2OS. The molecule has 0 N–H and O–H groups in total. The summed E-state index contributed by atoms with van der Waals surface area (Å²) in [4.78, 5) is 19.6. The van der Waals surface area contributed by atoms with E-state index >= 15 is 0 Å². The van der Waals surface area contributed by atoms with E-state index in [1.165, 1.54) is 10.4 Å². The van der Waals surface area contributed by atoms with Crippen LogP contribution in [-0.2, 0) is 6.54 Å². The van der Waals surface area contributed by atoms with Gasteiger partial charge < -0.3 is 4.57 Å². The lowest BCUT2D eigenvalue weighted by molar-refractivity contribution is 0.769. The van der Waals surface area contributed by atoms with Crippen LogP contribution in [0.15, 0.2) is 59.4 Å². The zero-order valence-corrected chi connectivity index (χ0v) is 16.0. The van der Waals surface area contributed by atoms with Crippen molar-refractivity contribution in [1.29, 1.82) is 0 Å². The van der Waals surface area contributed by atoms with E-state index in [0.717, 1.165) is 44.8 Å². The third kappa shape index (κ3) is 2.48. The fourth-order valence-corrected chi connectivity index (χ4v) is 4.93. The Hall–Kier alpha value is -2.98. The summed E-state index contributed by atoms with van der Waals surface area (Å²) in [6.45, 7) is 4.83. The molecule has 0 spiro atoms. The normalized spacial score (nSPS) is 14.4. The van der Waals surface area contributed by atoms with Crippen molar-refractivity contribution < 1.29 is 0 Å². The van der Waals surface area contributed by atoms with Gasteiger partial charge in [-0.15, -0.1) is 11.3 Å². The van der Waals surface area contributed by atoms with Crippen LogP contribution in [0.5, 0.6) is 0 Å². The first-order valence-corrected chi connectivity index (χ1v) is 9.81. The average Bonchev–Trinajstić information content (AvgIpc) is 2.99. The fourth-order valence-electron chi connectivity index (χ4n) is 3.78. The Morgan fingerprint density at radius 2 is 1.78 bits per heavy atom. The molecule has 5 rings (SSSR count). The van der Waals surface area contributed by atoms with Crippen LogP contribution in [0, 0.1) is 13.8 Å². The van der Waals surface area contributed by atoms with Crippen molar-refractivity contribution in [2.24, 2.45) is 0 Å². The van der Waals surface area contributed by atoms with Crippen LogP contribution in [-0.4, -0.2) is 9.55 Å². The molecule has 0 bridgehead atoms. The van der Waals surface area contributed by atoms with Gasteiger partial charge in [0.25, 0.3) is 5.56 Å².